The Morgan fingerprint density at radius 1 is 1.20 bits per heavy atom. The Morgan fingerprint density at radius 2 is 2.00 bits per heavy atom. The van der Waals surface area contributed by atoms with Gasteiger partial charge >= 0.3 is 0 Å². The second-order valence-electron chi connectivity index (χ2n) is 4.14. The van der Waals surface area contributed by atoms with E-state index in [1.165, 1.54) is 13.2 Å². The van der Waals surface area contributed by atoms with E-state index in [1.807, 2.05) is 12.1 Å². The summed E-state index contributed by atoms with van der Waals surface area (Å²) in [6, 6.07) is 10.1. The van der Waals surface area contributed by atoms with Crippen LogP contribution in [0.1, 0.15) is 11.1 Å². The predicted octanol–water partition coefficient (Wildman–Crippen LogP) is 4.96. The summed E-state index contributed by atoms with van der Waals surface area (Å²) in [5, 5.41) is 1.23. The van der Waals surface area contributed by atoms with Crippen molar-refractivity contribution >= 4 is 27.5 Å². The smallest absolute Gasteiger partial charge is 0.138 e. The van der Waals surface area contributed by atoms with E-state index in [-0.39, 0.29) is 12.4 Å². The summed E-state index contributed by atoms with van der Waals surface area (Å²) in [4.78, 5) is 0. The average molecular weight is 360 g/mol. The molecule has 2 aromatic rings. The van der Waals surface area contributed by atoms with Gasteiger partial charge < -0.3 is 9.47 Å². The Kier molecular flexibility index (Phi) is 5.26. The van der Waals surface area contributed by atoms with Crippen LogP contribution in [-0.4, -0.2) is 7.11 Å². The van der Waals surface area contributed by atoms with Crippen LogP contribution < -0.4 is 9.47 Å². The van der Waals surface area contributed by atoms with E-state index in [0.29, 0.717) is 22.1 Å². The first-order valence-electron chi connectivity index (χ1n) is 5.93. The molecule has 5 heteroatoms. The quantitative estimate of drug-likeness (QED) is 0.702. The monoisotopic (exact) mass is 358 g/mol. The molecule has 0 aliphatic carbocycles. The molecule has 0 aliphatic heterocycles. The summed E-state index contributed by atoms with van der Waals surface area (Å²) < 4.78 is 24.3. The van der Waals surface area contributed by atoms with Gasteiger partial charge in [-0.3, -0.25) is 0 Å². The molecule has 0 saturated heterocycles. The molecule has 0 saturated carbocycles. The van der Waals surface area contributed by atoms with Crippen molar-refractivity contribution in [2.24, 2.45) is 0 Å². The van der Waals surface area contributed by atoms with Crippen molar-refractivity contribution in [3.8, 4) is 11.5 Å². The van der Waals surface area contributed by atoms with Crippen molar-refractivity contribution in [2.75, 3.05) is 7.11 Å². The maximum Gasteiger partial charge on any atom is 0.138 e. The van der Waals surface area contributed by atoms with Crippen LogP contribution in [0.4, 0.5) is 4.39 Å². The third kappa shape index (κ3) is 3.64. The number of alkyl halides is 1. The lowest BCUT2D eigenvalue weighted by Gasteiger charge is -2.10. The van der Waals surface area contributed by atoms with E-state index < -0.39 is 0 Å². The van der Waals surface area contributed by atoms with E-state index in [1.54, 1.807) is 18.2 Å². The minimum absolute atomic E-state index is 0.114. The highest BCUT2D eigenvalue weighted by Crippen LogP contribution is 2.27. The lowest BCUT2D eigenvalue weighted by atomic mass is 10.2. The van der Waals surface area contributed by atoms with Gasteiger partial charge in [0.25, 0.3) is 0 Å². The molecule has 0 amide bonds. The van der Waals surface area contributed by atoms with Gasteiger partial charge in [0.1, 0.15) is 23.9 Å². The molecule has 0 atom stereocenters. The Hall–Kier alpha value is -1.26. The SMILES string of the molecule is COc1ccc(COc2ccc(CBr)cc2Cl)c(F)c1. The fourth-order valence-corrected chi connectivity index (χ4v) is 2.28. The first kappa shape index (κ1) is 15.1. The van der Waals surface area contributed by atoms with Gasteiger partial charge in [0.2, 0.25) is 0 Å². The molecule has 106 valence electrons. The maximum absolute atomic E-state index is 13.8. The topological polar surface area (TPSA) is 18.5 Å². The summed E-state index contributed by atoms with van der Waals surface area (Å²) in [5.41, 5.74) is 1.50. The number of hydrogen-bond donors (Lipinski definition) is 0. The summed E-state index contributed by atoms with van der Waals surface area (Å²) >= 11 is 9.46. The number of ether oxygens (including phenoxy) is 2. The molecule has 2 aromatic carbocycles. The van der Waals surface area contributed by atoms with Crippen molar-refractivity contribution in [1.29, 1.82) is 0 Å². The molecule has 0 aromatic heterocycles. The van der Waals surface area contributed by atoms with Gasteiger partial charge in [0, 0.05) is 17.0 Å². The minimum atomic E-state index is -0.363. The summed E-state index contributed by atoms with van der Waals surface area (Å²) in [6.07, 6.45) is 0. The van der Waals surface area contributed by atoms with Crippen LogP contribution in [0.15, 0.2) is 36.4 Å². The van der Waals surface area contributed by atoms with Gasteiger partial charge in [0.05, 0.1) is 12.1 Å². The van der Waals surface area contributed by atoms with Gasteiger partial charge in [-0.15, -0.1) is 0 Å². The second-order valence-corrected chi connectivity index (χ2v) is 5.11. The highest BCUT2D eigenvalue weighted by Gasteiger charge is 2.07. The molecule has 0 bridgehead atoms. The van der Waals surface area contributed by atoms with Crippen molar-refractivity contribution < 1.29 is 13.9 Å². The van der Waals surface area contributed by atoms with E-state index in [4.69, 9.17) is 21.1 Å². The van der Waals surface area contributed by atoms with Crippen LogP contribution in [0, 0.1) is 5.82 Å². The third-order valence-corrected chi connectivity index (χ3v) is 3.74. The Balaban J connectivity index is 2.09. The standard InChI is InChI=1S/C15H13BrClFO2/c1-19-12-4-3-11(14(18)7-12)9-20-15-5-2-10(8-16)6-13(15)17/h2-7H,8-9H2,1H3. The van der Waals surface area contributed by atoms with Crippen LogP contribution in [0.3, 0.4) is 0 Å². The molecular weight excluding hydrogens is 347 g/mol. The van der Waals surface area contributed by atoms with E-state index in [2.05, 4.69) is 15.9 Å². The van der Waals surface area contributed by atoms with Gasteiger partial charge in [-0.2, -0.15) is 0 Å². The first-order chi connectivity index (χ1) is 9.63. The molecule has 2 rings (SSSR count). The lowest BCUT2D eigenvalue weighted by Crippen LogP contribution is -1.99. The van der Waals surface area contributed by atoms with Gasteiger partial charge in [-0.1, -0.05) is 33.6 Å². The van der Waals surface area contributed by atoms with Crippen molar-refractivity contribution in [3.05, 3.63) is 58.4 Å². The zero-order valence-corrected chi connectivity index (χ0v) is 13.2. The molecule has 0 fully saturated rings. The highest BCUT2D eigenvalue weighted by molar-refractivity contribution is 9.08. The van der Waals surface area contributed by atoms with Gasteiger partial charge in [0.15, 0.2) is 0 Å². The van der Waals surface area contributed by atoms with E-state index in [0.717, 1.165) is 10.9 Å². The highest BCUT2D eigenvalue weighted by atomic mass is 79.9. The largest absolute Gasteiger partial charge is 0.497 e. The first-order valence-corrected chi connectivity index (χ1v) is 7.43. The number of benzene rings is 2. The van der Waals surface area contributed by atoms with Crippen LogP contribution in [-0.2, 0) is 11.9 Å². The number of halogens is 3. The number of hydrogen-bond acceptors (Lipinski definition) is 2. The van der Waals surface area contributed by atoms with Crippen LogP contribution in [0.5, 0.6) is 11.5 Å². The second kappa shape index (κ2) is 6.95. The molecule has 2 nitrogen and oxygen atoms in total. The zero-order valence-electron chi connectivity index (χ0n) is 10.8. The fraction of sp³-hybridized carbons (Fsp3) is 0.200. The Labute approximate surface area is 130 Å². The number of methoxy groups -OCH3 is 1. The molecular formula is C15H13BrClFO2. The molecule has 0 spiro atoms. The van der Waals surface area contributed by atoms with Crippen LogP contribution in [0.25, 0.3) is 0 Å². The van der Waals surface area contributed by atoms with E-state index in [9.17, 15) is 4.39 Å². The zero-order chi connectivity index (χ0) is 14.5. The minimum Gasteiger partial charge on any atom is -0.497 e. The van der Waals surface area contributed by atoms with Gasteiger partial charge in [-0.05, 0) is 29.8 Å². The average Bonchev–Trinajstić information content (AvgIpc) is 2.46. The van der Waals surface area contributed by atoms with Crippen molar-refractivity contribution in [3.63, 3.8) is 0 Å². The lowest BCUT2D eigenvalue weighted by molar-refractivity contribution is 0.299. The normalized spacial score (nSPS) is 10.4. The summed E-state index contributed by atoms with van der Waals surface area (Å²) in [6.45, 7) is 0.114. The number of rotatable bonds is 5. The molecule has 20 heavy (non-hydrogen) atoms. The Bertz CT molecular complexity index is 551. The van der Waals surface area contributed by atoms with Gasteiger partial charge in [-0.25, -0.2) is 4.39 Å². The molecule has 0 heterocycles. The third-order valence-electron chi connectivity index (χ3n) is 2.79. The van der Waals surface area contributed by atoms with Crippen LogP contribution in [0.2, 0.25) is 5.02 Å². The Morgan fingerprint density at radius 3 is 2.60 bits per heavy atom. The predicted molar refractivity (Wildman–Crippen MR) is 81.4 cm³/mol. The molecule has 0 unspecified atom stereocenters. The summed E-state index contributed by atoms with van der Waals surface area (Å²) in [7, 11) is 1.50. The molecule has 0 aliphatic rings. The van der Waals surface area contributed by atoms with Crippen LogP contribution >= 0.6 is 27.5 Å². The van der Waals surface area contributed by atoms with E-state index >= 15 is 0 Å². The van der Waals surface area contributed by atoms with Crippen molar-refractivity contribution in [1.82, 2.24) is 0 Å². The molecule has 0 radical (unpaired) electrons. The summed E-state index contributed by atoms with van der Waals surface area (Å²) in [5.74, 6) is 0.648. The van der Waals surface area contributed by atoms with Crippen molar-refractivity contribution in [2.45, 2.75) is 11.9 Å². The fourth-order valence-electron chi connectivity index (χ4n) is 1.67. The molecule has 0 N–H and O–H groups in total. The maximum atomic E-state index is 13.8.